The van der Waals surface area contributed by atoms with Gasteiger partial charge in [-0.25, -0.2) is 0 Å². The quantitative estimate of drug-likeness (QED) is 0.633. The Kier molecular flexibility index (Phi) is 5.61. The first-order valence-electron chi connectivity index (χ1n) is 3.05. The van der Waals surface area contributed by atoms with E-state index in [-0.39, 0.29) is 18.3 Å². The molecule has 0 aromatic carbocycles. The average Bonchev–Trinajstić information content (AvgIpc) is 1.86. The molecule has 0 saturated heterocycles. The van der Waals surface area contributed by atoms with E-state index in [1.807, 2.05) is 6.92 Å². The average molecular weight is 167 g/mol. The van der Waals surface area contributed by atoms with Gasteiger partial charge in [0.1, 0.15) is 0 Å². The van der Waals surface area contributed by atoms with E-state index in [1.165, 1.54) is 0 Å². The van der Waals surface area contributed by atoms with Crippen LogP contribution in [0.3, 0.4) is 0 Å². The van der Waals surface area contributed by atoms with Crippen molar-refractivity contribution in [3.8, 4) is 0 Å². The molecule has 0 aromatic rings. The number of primary amides is 1. The summed E-state index contributed by atoms with van der Waals surface area (Å²) in [6.07, 6.45) is 0.721. The number of carbonyl (C=O) groups is 1. The summed E-state index contributed by atoms with van der Waals surface area (Å²) < 4.78 is 0. The number of hydrogen-bond acceptors (Lipinski definition) is 2. The van der Waals surface area contributed by atoms with Crippen LogP contribution in [0.25, 0.3) is 0 Å². The maximum Gasteiger partial charge on any atom is 0.237 e. The van der Waals surface area contributed by atoms with Gasteiger partial charge in [0.25, 0.3) is 0 Å². The molecule has 0 aliphatic heterocycles. The molecule has 0 aliphatic rings. The molecule has 1 atom stereocenters. The van der Waals surface area contributed by atoms with Crippen molar-refractivity contribution in [2.24, 2.45) is 5.73 Å². The van der Waals surface area contributed by atoms with Crippen LogP contribution < -0.4 is 11.1 Å². The Bertz CT molecular complexity index is 112. The van der Waals surface area contributed by atoms with Crippen LogP contribution in [0.4, 0.5) is 0 Å². The number of carbonyl (C=O) groups excluding carboxylic acids is 1. The highest BCUT2D eigenvalue weighted by atomic mass is 35.5. The van der Waals surface area contributed by atoms with E-state index in [1.54, 1.807) is 14.0 Å². The highest BCUT2D eigenvalue weighted by molar-refractivity contribution is 5.85. The number of nitrogens with two attached hydrogens (primary N) is 1. The first kappa shape index (κ1) is 12.4. The molecule has 0 heterocycles. The predicted octanol–water partition coefficient (Wildman–Crippen LogP) is 0.282. The van der Waals surface area contributed by atoms with Crippen LogP contribution in [0, 0.1) is 0 Å². The van der Waals surface area contributed by atoms with Crippen LogP contribution in [0.15, 0.2) is 0 Å². The van der Waals surface area contributed by atoms with Crippen molar-refractivity contribution < 1.29 is 4.79 Å². The molecule has 0 saturated carbocycles. The molecule has 4 heteroatoms. The molecule has 0 bridgehead atoms. The maximum atomic E-state index is 10.6. The lowest BCUT2D eigenvalue weighted by Gasteiger charge is -2.22. The second-order valence-electron chi connectivity index (χ2n) is 2.30. The summed E-state index contributed by atoms with van der Waals surface area (Å²) in [5.74, 6) is -0.299. The van der Waals surface area contributed by atoms with E-state index in [4.69, 9.17) is 5.73 Å². The molecule has 62 valence electrons. The third-order valence-corrected chi connectivity index (χ3v) is 1.80. The van der Waals surface area contributed by atoms with Gasteiger partial charge in [-0.2, -0.15) is 0 Å². The molecule has 3 N–H and O–H groups in total. The van der Waals surface area contributed by atoms with Crippen molar-refractivity contribution in [2.75, 3.05) is 7.05 Å². The molecule has 0 rings (SSSR count). The van der Waals surface area contributed by atoms with Gasteiger partial charge in [-0.1, -0.05) is 6.92 Å². The van der Waals surface area contributed by atoms with Crippen molar-refractivity contribution in [1.82, 2.24) is 5.32 Å². The number of hydrogen-bond donors (Lipinski definition) is 2. The van der Waals surface area contributed by atoms with Gasteiger partial charge in [0.2, 0.25) is 5.91 Å². The monoisotopic (exact) mass is 166 g/mol. The van der Waals surface area contributed by atoms with Crippen LogP contribution in [-0.4, -0.2) is 18.5 Å². The van der Waals surface area contributed by atoms with E-state index in [9.17, 15) is 4.79 Å². The fourth-order valence-electron chi connectivity index (χ4n) is 0.474. The lowest BCUT2D eigenvalue weighted by molar-refractivity contribution is -0.123. The maximum absolute atomic E-state index is 10.6. The summed E-state index contributed by atoms with van der Waals surface area (Å²) in [4.78, 5) is 10.6. The SMILES string of the molecule is CCC(C)(NC)C(N)=O.Cl. The van der Waals surface area contributed by atoms with Gasteiger partial charge in [0, 0.05) is 0 Å². The van der Waals surface area contributed by atoms with Crippen molar-refractivity contribution in [2.45, 2.75) is 25.8 Å². The van der Waals surface area contributed by atoms with Crippen LogP contribution in [0.1, 0.15) is 20.3 Å². The van der Waals surface area contributed by atoms with Gasteiger partial charge in [-0.15, -0.1) is 12.4 Å². The van der Waals surface area contributed by atoms with Gasteiger partial charge < -0.3 is 11.1 Å². The minimum absolute atomic E-state index is 0. The first-order valence-corrected chi connectivity index (χ1v) is 3.05. The molecule has 0 aromatic heterocycles. The summed E-state index contributed by atoms with van der Waals surface area (Å²) in [5, 5.41) is 2.85. The van der Waals surface area contributed by atoms with Crippen molar-refractivity contribution in [3.05, 3.63) is 0 Å². The smallest absolute Gasteiger partial charge is 0.237 e. The zero-order valence-corrected chi connectivity index (χ0v) is 7.42. The molecule has 0 radical (unpaired) electrons. The Morgan fingerprint density at radius 1 is 1.70 bits per heavy atom. The van der Waals surface area contributed by atoms with Crippen LogP contribution in [-0.2, 0) is 4.79 Å². The van der Waals surface area contributed by atoms with Crippen LogP contribution >= 0.6 is 12.4 Å². The molecule has 0 spiro atoms. The van der Waals surface area contributed by atoms with E-state index in [2.05, 4.69) is 5.32 Å². The van der Waals surface area contributed by atoms with Crippen LogP contribution in [0.2, 0.25) is 0 Å². The van der Waals surface area contributed by atoms with E-state index >= 15 is 0 Å². The Morgan fingerprint density at radius 2 is 2.10 bits per heavy atom. The lowest BCUT2D eigenvalue weighted by Crippen LogP contribution is -2.50. The third-order valence-electron chi connectivity index (χ3n) is 1.80. The zero-order chi connectivity index (χ0) is 7.49. The summed E-state index contributed by atoms with van der Waals surface area (Å²) >= 11 is 0. The van der Waals surface area contributed by atoms with Gasteiger partial charge in [-0.05, 0) is 20.4 Å². The largest absolute Gasteiger partial charge is 0.368 e. The highest BCUT2D eigenvalue weighted by Gasteiger charge is 2.25. The number of amides is 1. The minimum Gasteiger partial charge on any atom is -0.368 e. The topological polar surface area (TPSA) is 55.1 Å². The van der Waals surface area contributed by atoms with E-state index in [0.29, 0.717) is 0 Å². The van der Waals surface area contributed by atoms with Crippen LogP contribution in [0.5, 0.6) is 0 Å². The molecular formula is C6H15ClN2O. The highest BCUT2D eigenvalue weighted by Crippen LogP contribution is 2.05. The summed E-state index contributed by atoms with van der Waals surface area (Å²) in [6, 6.07) is 0. The standard InChI is InChI=1S/C6H14N2O.ClH/c1-4-6(2,8-3)5(7)9;/h8H,4H2,1-3H3,(H2,7,9);1H. The minimum atomic E-state index is -0.528. The molecule has 3 nitrogen and oxygen atoms in total. The summed E-state index contributed by atoms with van der Waals surface area (Å²) in [5.41, 5.74) is 4.56. The Morgan fingerprint density at radius 3 is 2.10 bits per heavy atom. The second kappa shape index (κ2) is 4.52. The Balaban J connectivity index is 0. The number of halogens is 1. The molecular weight excluding hydrogens is 152 g/mol. The zero-order valence-electron chi connectivity index (χ0n) is 6.60. The van der Waals surface area contributed by atoms with Gasteiger partial charge in [-0.3, -0.25) is 4.79 Å². The van der Waals surface area contributed by atoms with Crippen molar-refractivity contribution >= 4 is 18.3 Å². The van der Waals surface area contributed by atoms with E-state index in [0.717, 1.165) is 6.42 Å². The lowest BCUT2D eigenvalue weighted by atomic mass is 9.99. The van der Waals surface area contributed by atoms with Gasteiger partial charge in [0.15, 0.2) is 0 Å². The number of nitrogens with one attached hydrogen (secondary N) is 1. The van der Waals surface area contributed by atoms with Gasteiger partial charge in [0.05, 0.1) is 5.54 Å². The summed E-state index contributed by atoms with van der Waals surface area (Å²) in [6.45, 7) is 3.70. The fraction of sp³-hybridized carbons (Fsp3) is 0.833. The normalized spacial score (nSPS) is 15.1. The molecule has 10 heavy (non-hydrogen) atoms. The second-order valence-corrected chi connectivity index (χ2v) is 2.30. The fourth-order valence-corrected chi connectivity index (χ4v) is 0.474. The molecule has 1 amide bonds. The molecule has 0 fully saturated rings. The first-order chi connectivity index (χ1) is 4.06. The Hall–Kier alpha value is -0.280. The summed E-state index contributed by atoms with van der Waals surface area (Å²) in [7, 11) is 1.73. The number of likely N-dealkylation sites (N-methyl/N-ethyl adjacent to an activating group) is 1. The molecule has 1 unspecified atom stereocenters. The third kappa shape index (κ3) is 2.54. The van der Waals surface area contributed by atoms with Crippen molar-refractivity contribution in [3.63, 3.8) is 0 Å². The number of rotatable bonds is 3. The predicted molar refractivity (Wildman–Crippen MR) is 44.2 cm³/mol. The van der Waals surface area contributed by atoms with Crippen molar-refractivity contribution in [1.29, 1.82) is 0 Å². The van der Waals surface area contributed by atoms with E-state index < -0.39 is 5.54 Å². The molecule has 0 aliphatic carbocycles. The van der Waals surface area contributed by atoms with Gasteiger partial charge >= 0.3 is 0 Å². The Labute approximate surface area is 67.8 Å².